The van der Waals surface area contributed by atoms with Crippen LogP contribution in [0.2, 0.25) is 0 Å². The van der Waals surface area contributed by atoms with Crippen LogP contribution in [-0.2, 0) is 62.5 Å². The van der Waals surface area contributed by atoms with Crippen molar-refractivity contribution in [2.45, 2.75) is 87.1 Å². The molecular weight excluding hydrogens is 999 g/mol. The summed E-state index contributed by atoms with van der Waals surface area (Å²) in [5.41, 5.74) is 13.0. The summed E-state index contributed by atoms with van der Waals surface area (Å²) < 4.78 is 58.4. The van der Waals surface area contributed by atoms with E-state index >= 15 is 0 Å². The Bertz CT molecular complexity index is 3070. The third kappa shape index (κ3) is 13.9. The predicted molar refractivity (Wildman–Crippen MR) is 281 cm³/mol. The maximum atomic E-state index is 14.5. The molecule has 2 fully saturated rings. The normalized spacial score (nSPS) is 23.6. The van der Waals surface area contributed by atoms with Crippen LogP contribution in [0.1, 0.15) is 58.1 Å². The van der Waals surface area contributed by atoms with Crippen molar-refractivity contribution < 1.29 is 66.9 Å². The minimum absolute atomic E-state index is 0.00861. The van der Waals surface area contributed by atoms with E-state index in [1.54, 1.807) is 72.8 Å². The molecule has 9 rings (SSSR count). The highest BCUT2D eigenvalue weighted by Crippen LogP contribution is 2.38. The maximum absolute atomic E-state index is 14.5. The van der Waals surface area contributed by atoms with Gasteiger partial charge in [0.15, 0.2) is 30.7 Å². The van der Waals surface area contributed by atoms with E-state index in [0.29, 0.717) is 0 Å². The lowest BCUT2D eigenvalue weighted by Crippen LogP contribution is -2.70. The van der Waals surface area contributed by atoms with Gasteiger partial charge in [0.1, 0.15) is 36.6 Å². The number of carbonyl (C=O) groups is 4. The maximum Gasteiger partial charge on any atom is 0.338 e. The molecule has 0 bridgehead atoms. The van der Waals surface area contributed by atoms with Gasteiger partial charge in [0.05, 0.1) is 48.7 Å². The number of esters is 4. The summed E-state index contributed by atoms with van der Waals surface area (Å²) in [6, 6.07) is 57.9. The van der Waals surface area contributed by atoms with Crippen LogP contribution < -0.4 is 0 Å². The molecule has 1 aliphatic carbocycles. The zero-order valence-electron chi connectivity index (χ0n) is 42.0. The fraction of sp³-hybridized carbons (Fsp3) is 0.246. The molecule has 0 aromatic heterocycles. The predicted octanol–water partition coefficient (Wildman–Crippen LogP) is 9.44. The molecule has 11 atom stereocenters. The Labute approximate surface area is 449 Å². The fourth-order valence-corrected chi connectivity index (χ4v) is 9.17. The third-order valence-corrected chi connectivity index (χ3v) is 13.0. The van der Waals surface area contributed by atoms with E-state index < -0.39 is 91.1 Å². The second-order valence-electron chi connectivity index (χ2n) is 18.3. The lowest BCUT2D eigenvalue weighted by molar-refractivity contribution is -0.325. The number of aliphatic hydroxyl groups excluding tert-OH is 1. The van der Waals surface area contributed by atoms with Gasteiger partial charge in [-0.05, 0) is 70.8 Å². The molecule has 1 saturated heterocycles. The molecule has 1 N–H and O–H groups in total. The topological polar surface area (TPSA) is 220 Å². The van der Waals surface area contributed by atoms with Crippen molar-refractivity contribution in [3.63, 3.8) is 0 Å². The highest BCUT2D eigenvalue weighted by molar-refractivity contribution is 5.92. The minimum atomic E-state index is -2.11. The number of carbonyl (C=O) groups excluding carboxylic acids is 4. The Morgan fingerprint density at radius 1 is 0.436 bits per heavy atom. The van der Waals surface area contributed by atoms with E-state index in [9.17, 15) is 29.8 Å². The minimum Gasteiger partial charge on any atom is -0.452 e. The van der Waals surface area contributed by atoms with Gasteiger partial charge in [-0.3, -0.25) is 0 Å². The number of hydrogen-bond donors (Lipinski definition) is 1. The Balaban J connectivity index is 1.17. The molecule has 7 aromatic rings. The summed E-state index contributed by atoms with van der Waals surface area (Å²) in [6.45, 7) is 0.0614. The van der Waals surface area contributed by atoms with Crippen LogP contribution in [0.3, 0.4) is 0 Å². The molecule has 0 spiro atoms. The first-order valence-electron chi connectivity index (χ1n) is 25.2. The summed E-state index contributed by atoms with van der Waals surface area (Å²) in [7, 11) is 0. The molecule has 1 heterocycles. The molecule has 7 aromatic carbocycles. The number of azide groups is 1. The second-order valence-corrected chi connectivity index (χ2v) is 18.3. The highest BCUT2D eigenvalue weighted by atomic mass is 16.7. The van der Waals surface area contributed by atoms with Crippen molar-refractivity contribution >= 4 is 23.9 Å². The van der Waals surface area contributed by atoms with Crippen molar-refractivity contribution in [2.75, 3.05) is 6.61 Å². The van der Waals surface area contributed by atoms with E-state index in [0.717, 1.165) is 16.7 Å². The SMILES string of the molecule is [N-]=[N+]=N[C@H]1[C@@H](O[C@@H]2[C@@H](O)[C@@H](OC(=O)c3ccccc3)[C@H](OC(=O)c3ccccc3)[C@H](OC(=O)c3ccccc3)[C@H]2OC(=O)c2ccccc2)O[C@H](COCc2ccccc2)[C@@H](OCc2ccccc2)[C@@H]1OCc1ccccc1. The summed E-state index contributed by atoms with van der Waals surface area (Å²) in [6.07, 6.45) is -16.7. The van der Waals surface area contributed by atoms with E-state index in [-0.39, 0.29) is 48.7 Å². The number of aliphatic hydroxyl groups is 1. The Hall–Kier alpha value is -8.51. The van der Waals surface area contributed by atoms with Gasteiger partial charge >= 0.3 is 23.9 Å². The lowest BCUT2D eigenvalue weighted by Gasteiger charge is -2.50. The van der Waals surface area contributed by atoms with Gasteiger partial charge in [-0.15, -0.1) is 0 Å². The summed E-state index contributed by atoms with van der Waals surface area (Å²) in [5, 5.41) is 17.2. The zero-order valence-corrected chi connectivity index (χ0v) is 42.0. The van der Waals surface area contributed by atoms with Crippen molar-refractivity contribution in [3.05, 3.63) is 262 Å². The molecule has 0 unspecified atom stereocenters. The van der Waals surface area contributed by atoms with Gasteiger partial charge in [-0.1, -0.05) is 169 Å². The number of rotatable bonds is 21. The number of benzene rings is 7. The van der Waals surface area contributed by atoms with Gasteiger partial charge < -0.3 is 47.7 Å². The largest absolute Gasteiger partial charge is 0.452 e. The second kappa shape index (κ2) is 27.0. The van der Waals surface area contributed by atoms with Crippen LogP contribution in [0, 0.1) is 0 Å². The van der Waals surface area contributed by atoms with Gasteiger partial charge in [0.2, 0.25) is 0 Å². The van der Waals surface area contributed by atoms with Crippen molar-refractivity contribution in [2.24, 2.45) is 5.11 Å². The molecule has 1 saturated carbocycles. The quantitative estimate of drug-likeness (QED) is 0.0233. The van der Waals surface area contributed by atoms with Gasteiger partial charge in [0.25, 0.3) is 0 Å². The average molecular weight is 1050 g/mol. The molecule has 17 heteroatoms. The standard InChI is InChI=1S/C61H55N3O14/c62-64-63-48-51(72-38-42-26-12-3-13-27-42)50(71-37-41-24-10-2-11-25-41)47(39-70-36-40-22-8-1-9-23-40)73-61(48)78-53-49(65)52(74-57(66)43-28-14-4-15-29-43)54(75-58(67)44-30-16-5-17-31-44)56(77-60(69)46-34-20-7-21-35-46)55(53)76-59(68)45-32-18-6-19-33-45/h1-35,47-56,61,65H,36-39H2/t47-,48-,49+,50-,51-,52-,53-,54+,55+,56+,61-/m1/s1. The first-order chi connectivity index (χ1) is 38.2. The Morgan fingerprint density at radius 2 is 0.769 bits per heavy atom. The summed E-state index contributed by atoms with van der Waals surface area (Å²) in [5.74, 6) is -3.90. The van der Waals surface area contributed by atoms with Crippen molar-refractivity contribution in [3.8, 4) is 0 Å². The molecule has 17 nitrogen and oxygen atoms in total. The summed E-state index contributed by atoms with van der Waals surface area (Å²) >= 11 is 0. The Morgan fingerprint density at radius 3 is 1.17 bits per heavy atom. The number of hydrogen-bond acceptors (Lipinski definition) is 15. The first kappa shape index (κ1) is 54.3. The van der Waals surface area contributed by atoms with Crippen molar-refractivity contribution in [1.29, 1.82) is 0 Å². The van der Waals surface area contributed by atoms with Gasteiger partial charge in [0, 0.05) is 4.91 Å². The van der Waals surface area contributed by atoms with Crippen LogP contribution in [0.25, 0.3) is 10.4 Å². The van der Waals surface area contributed by atoms with E-state index in [1.165, 1.54) is 48.5 Å². The molecule has 1 aliphatic heterocycles. The number of ether oxygens (including phenoxy) is 9. The summed E-state index contributed by atoms with van der Waals surface area (Å²) in [4.78, 5) is 60.6. The molecule has 78 heavy (non-hydrogen) atoms. The van der Waals surface area contributed by atoms with Crippen LogP contribution in [0.5, 0.6) is 0 Å². The zero-order chi connectivity index (χ0) is 54.1. The lowest BCUT2D eigenvalue weighted by atomic mass is 9.83. The van der Waals surface area contributed by atoms with E-state index in [4.69, 9.17) is 42.6 Å². The van der Waals surface area contributed by atoms with Crippen molar-refractivity contribution in [1.82, 2.24) is 0 Å². The fourth-order valence-electron chi connectivity index (χ4n) is 9.17. The molecular formula is C61H55N3O14. The van der Waals surface area contributed by atoms with Crippen LogP contribution >= 0.6 is 0 Å². The van der Waals surface area contributed by atoms with E-state index in [2.05, 4.69) is 10.0 Å². The Kier molecular flexibility index (Phi) is 18.8. The first-order valence-corrected chi connectivity index (χ1v) is 25.2. The molecule has 0 radical (unpaired) electrons. The monoisotopic (exact) mass is 1050 g/mol. The van der Waals surface area contributed by atoms with Gasteiger partial charge in [-0.2, -0.15) is 0 Å². The van der Waals surface area contributed by atoms with Gasteiger partial charge in [-0.25, -0.2) is 19.2 Å². The smallest absolute Gasteiger partial charge is 0.338 e. The average Bonchev–Trinajstić information content (AvgIpc) is 3.50. The molecule has 398 valence electrons. The van der Waals surface area contributed by atoms with Crippen LogP contribution in [0.4, 0.5) is 0 Å². The van der Waals surface area contributed by atoms with Crippen LogP contribution in [0.15, 0.2) is 217 Å². The van der Waals surface area contributed by atoms with E-state index in [1.807, 2.05) is 91.0 Å². The number of nitrogens with zero attached hydrogens (tertiary/aromatic N) is 3. The highest BCUT2D eigenvalue weighted by Gasteiger charge is 2.60. The molecule has 0 amide bonds. The molecule has 2 aliphatic rings. The third-order valence-electron chi connectivity index (χ3n) is 13.0. The van der Waals surface area contributed by atoms with Crippen LogP contribution in [-0.4, -0.2) is 103 Å².